The molecule has 0 saturated carbocycles. The van der Waals surface area contributed by atoms with E-state index in [1.165, 1.54) is 29.7 Å². The van der Waals surface area contributed by atoms with Gasteiger partial charge < -0.3 is 15.5 Å². The van der Waals surface area contributed by atoms with Gasteiger partial charge >= 0.3 is 0 Å². The Kier molecular flexibility index (Phi) is 5.23. The molecule has 3 nitrogen and oxygen atoms in total. The molecule has 106 valence electrons. The molecule has 2 N–H and O–H groups in total. The second-order valence-electron chi connectivity index (χ2n) is 5.88. The van der Waals surface area contributed by atoms with Crippen LogP contribution in [0.15, 0.2) is 18.2 Å². The molecular weight excluding hydrogens is 234 g/mol. The van der Waals surface area contributed by atoms with Crippen molar-refractivity contribution in [1.82, 2.24) is 10.2 Å². The van der Waals surface area contributed by atoms with Crippen LogP contribution < -0.4 is 10.6 Å². The summed E-state index contributed by atoms with van der Waals surface area (Å²) in [6.45, 7) is 5.54. The van der Waals surface area contributed by atoms with Crippen LogP contribution in [0.3, 0.4) is 0 Å². The van der Waals surface area contributed by atoms with E-state index < -0.39 is 0 Å². The maximum Gasteiger partial charge on any atom is 0.0372 e. The van der Waals surface area contributed by atoms with Crippen LogP contribution in [0.2, 0.25) is 0 Å². The molecule has 1 heterocycles. The number of anilines is 1. The normalized spacial score (nSPS) is 16.0. The summed E-state index contributed by atoms with van der Waals surface area (Å²) in [5.74, 6) is 0. The van der Waals surface area contributed by atoms with Crippen molar-refractivity contribution < 1.29 is 0 Å². The Morgan fingerprint density at radius 2 is 2.21 bits per heavy atom. The lowest BCUT2D eigenvalue weighted by Gasteiger charge is -2.20. The van der Waals surface area contributed by atoms with E-state index in [0.717, 1.165) is 26.1 Å². The highest BCUT2D eigenvalue weighted by atomic mass is 15.1. The number of aryl methyl sites for hydroxylation is 1. The number of hydrogen-bond donors (Lipinski definition) is 2. The third-order valence-corrected chi connectivity index (χ3v) is 3.70. The molecule has 0 aromatic heterocycles. The van der Waals surface area contributed by atoms with Gasteiger partial charge in [-0.1, -0.05) is 12.1 Å². The summed E-state index contributed by atoms with van der Waals surface area (Å²) >= 11 is 0. The minimum Gasteiger partial charge on any atom is -0.385 e. The summed E-state index contributed by atoms with van der Waals surface area (Å²) in [4.78, 5) is 2.21. The molecule has 0 amide bonds. The van der Waals surface area contributed by atoms with Gasteiger partial charge in [-0.05, 0) is 57.5 Å². The third-order valence-electron chi connectivity index (χ3n) is 3.70. The van der Waals surface area contributed by atoms with Crippen LogP contribution in [-0.2, 0) is 12.8 Å². The predicted molar refractivity (Wildman–Crippen MR) is 83.0 cm³/mol. The molecular formula is C16H27N3. The van der Waals surface area contributed by atoms with E-state index >= 15 is 0 Å². The zero-order valence-electron chi connectivity index (χ0n) is 12.5. The van der Waals surface area contributed by atoms with Gasteiger partial charge in [-0.25, -0.2) is 0 Å². The molecule has 1 atom stereocenters. The molecule has 0 fully saturated rings. The summed E-state index contributed by atoms with van der Waals surface area (Å²) in [5, 5.41) is 7.05. The minimum atomic E-state index is 0.537. The van der Waals surface area contributed by atoms with Gasteiger partial charge in [-0.2, -0.15) is 0 Å². The zero-order valence-corrected chi connectivity index (χ0v) is 12.5. The van der Waals surface area contributed by atoms with Crippen molar-refractivity contribution in [2.75, 3.05) is 39.0 Å². The first-order chi connectivity index (χ1) is 9.15. The molecule has 1 aliphatic rings. The van der Waals surface area contributed by atoms with Crippen LogP contribution in [0, 0.1) is 0 Å². The Morgan fingerprint density at radius 1 is 1.37 bits per heavy atom. The zero-order chi connectivity index (χ0) is 13.7. The molecule has 1 unspecified atom stereocenters. The van der Waals surface area contributed by atoms with Gasteiger partial charge in [-0.15, -0.1) is 0 Å². The fraction of sp³-hybridized carbons (Fsp3) is 0.625. The number of likely N-dealkylation sites (N-methyl/N-ethyl adjacent to an activating group) is 1. The lowest BCUT2D eigenvalue weighted by molar-refractivity contribution is 0.387. The smallest absolute Gasteiger partial charge is 0.0372 e. The second kappa shape index (κ2) is 6.92. The van der Waals surface area contributed by atoms with Crippen LogP contribution in [0.5, 0.6) is 0 Å². The van der Waals surface area contributed by atoms with Crippen LogP contribution in [0.4, 0.5) is 5.69 Å². The number of rotatable bonds is 6. The Bertz CT molecular complexity index is 401. The van der Waals surface area contributed by atoms with Crippen molar-refractivity contribution in [1.29, 1.82) is 0 Å². The molecule has 1 aromatic rings. The molecule has 19 heavy (non-hydrogen) atoms. The highest BCUT2D eigenvalue weighted by Crippen LogP contribution is 2.23. The van der Waals surface area contributed by atoms with Gasteiger partial charge in [-0.3, -0.25) is 0 Å². The SMILES string of the molecule is CC(Cc1ccc2c(c1)CCCN2)NCCN(C)C. The molecule has 0 aliphatic carbocycles. The highest BCUT2D eigenvalue weighted by molar-refractivity contribution is 5.54. The first-order valence-electron chi connectivity index (χ1n) is 7.39. The summed E-state index contributed by atoms with van der Waals surface area (Å²) in [7, 11) is 4.23. The number of nitrogens with zero attached hydrogens (tertiary/aromatic N) is 1. The number of benzene rings is 1. The summed E-state index contributed by atoms with van der Waals surface area (Å²) in [6, 6.07) is 7.43. The van der Waals surface area contributed by atoms with Gasteiger partial charge in [0, 0.05) is 31.4 Å². The monoisotopic (exact) mass is 261 g/mol. The molecule has 0 bridgehead atoms. The fourth-order valence-electron chi connectivity index (χ4n) is 2.62. The quantitative estimate of drug-likeness (QED) is 0.821. The second-order valence-corrected chi connectivity index (χ2v) is 5.88. The molecule has 0 radical (unpaired) electrons. The van der Waals surface area contributed by atoms with E-state index in [-0.39, 0.29) is 0 Å². The van der Waals surface area contributed by atoms with E-state index in [1.807, 2.05) is 0 Å². The topological polar surface area (TPSA) is 27.3 Å². The van der Waals surface area contributed by atoms with Crippen molar-refractivity contribution in [2.45, 2.75) is 32.2 Å². The van der Waals surface area contributed by atoms with Gasteiger partial charge in [0.2, 0.25) is 0 Å². The van der Waals surface area contributed by atoms with E-state index in [1.54, 1.807) is 0 Å². The average molecular weight is 261 g/mol. The molecule has 1 aliphatic heterocycles. The first-order valence-corrected chi connectivity index (χ1v) is 7.39. The van der Waals surface area contributed by atoms with Gasteiger partial charge in [0.15, 0.2) is 0 Å². The van der Waals surface area contributed by atoms with Crippen LogP contribution in [-0.4, -0.2) is 44.7 Å². The third kappa shape index (κ3) is 4.51. The molecule has 3 heteroatoms. The first kappa shape index (κ1) is 14.4. The number of hydrogen-bond acceptors (Lipinski definition) is 3. The maximum atomic E-state index is 3.59. The molecule has 0 saturated heterocycles. The maximum absolute atomic E-state index is 3.59. The van der Waals surface area contributed by atoms with Crippen LogP contribution >= 0.6 is 0 Å². The highest BCUT2D eigenvalue weighted by Gasteiger charge is 2.10. The van der Waals surface area contributed by atoms with E-state index in [9.17, 15) is 0 Å². The Labute approximate surface area is 117 Å². The predicted octanol–water partition coefficient (Wildman–Crippen LogP) is 2.13. The lowest BCUT2D eigenvalue weighted by atomic mass is 9.98. The van der Waals surface area contributed by atoms with Gasteiger partial charge in [0.05, 0.1) is 0 Å². The van der Waals surface area contributed by atoms with Crippen molar-refractivity contribution >= 4 is 5.69 Å². The van der Waals surface area contributed by atoms with E-state index in [0.29, 0.717) is 6.04 Å². The molecule has 0 spiro atoms. The van der Waals surface area contributed by atoms with Crippen LogP contribution in [0.1, 0.15) is 24.5 Å². The summed E-state index contributed by atoms with van der Waals surface area (Å²) in [5.41, 5.74) is 4.28. The summed E-state index contributed by atoms with van der Waals surface area (Å²) < 4.78 is 0. The van der Waals surface area contributed by atoms with Crippen LogP contribution in [0.25, 0.3) is 0 Å². The van der Waals surface area contributed by atoms with Gasteiger partial charge in [0.1, 0.15) is 0 Å². The van der Waals surface area contributed by atoms with Crippen molar-refractivity contribution in [3.63, 3.8) is 0 Å². The Morgan fingerprint density at radius 3 is 3.00 bits per heavy atom. The number of fused-ring (bicyclic) bond motifs is 1. The number of nitrogens with one attached hydrogen (secondary N) is 2. The average Bonchev–Trinajstić information content (AvgIpc) is 2.38. The molecule has 2 rings (SSSR count). The van der Waals surface area contributed by atoms with Crippen molar-refractivity contribution in [3.05, 3.63) is 29.3 Å². The largest absolute Gasteiger partial charge is 0.385 e. The molecule has 1 aromatic carbocycles. The lowest BCUT2D eigenvalue weighted by Crippen LogP contribution is -2.34. The van der Waals surface area contributed by atoms with E-state index in [4.69, 9.17) is 0 Å². The van der Waals surface area contributed by atoms with Crippen molar-refractivity contribution in [3.8, 4) is 0 Å². The minimum absolute atomic E-state index is 0.537. The van der Waals surface area contributed by atoms with Gasteiger partial charge in [0.25, 0.3) is 0 Å². The fourth-order valence-corrected chi connectivity index (χ4v) is 2.62. The summed E-state index contributed by atoms with van der Waals surface area (Å²) in [6.07, 6.45) is 3.59. The van der Waals surface area contributed by atoms with E-state index in [2.05, 4.69) is 54.8 Å². The Hall–Kier alpha value is -1.06. The standard InChI is InChI=1S/C16H27N3/c1-13(17-9-10-19(2)3)11-14-6-7-16-15(12-14)5-4-8-18-16/h6-7,12-13,17-18H,4-5,8-11H2,1-3H3. The van der Waals surface area contributed by atoms with Crippen molar-refractivity contribution in [2.24, 2.45) is 0 Å². The Balaban J connectivity index is 1.85.